The fourth-order valence-corrected chi connectivity index (χ4v) is 1.78. The smallest absolute Gasteiger partial charge is 0.133 e. The summed E-state index contributed by atoms with van der Waals surface area (Å²) in [6.45, 7) is 4.14. The predicted molar refractivity (Wildman–Crippen MR) is 54.9 cm³/mol. The molecule has 0 aliphatic rings. The third-order valence-corrected chi connectivity index (χ3v) is 2.41. The summed E-state index contributed by atoms with van der Waals surface area (Å²) < 4.78 is 0. The van der Waals surface area contributed by atoms with Gasteiger partial charge in [-0.15, -0.1) is 11.3 Å². The summed E-state index contributed by atoms with van der Waals surface area (Å²) in [4.78, 5) is 15.5. The standard InChI is InChI=1S/C10H15NOS/c1-8(2)5-10(12)4-3-9-6-13-7-11-9/h6-8H,3-5H2,1-2H3. The number of nitrogens with zero attached hydrogens (tertiary/aromatic N) is 1. The maximum Gasteiger partial charge on any atom is 0.133 e. The van der Waals surface area contributed by atoms with E-state index in [9.17, 15) is 4.79 Å². The molecule has 2 nitrogen and oxygen atoms in total. The summed E-state index contributed by atoms with van der Waals surface area (Å²) >= 11 is 1.58. The molecule has 3 heteroatoms. The molecule has 0 fully saturated rings. The van der Waals surface area contributed by atoms with Crippen LogP contribution in [0.3, 0.4) is 0 Å². The molecule has 1 aromatic heterocycles. The number of carbonyl (C=O) groups is 1. The Morgan fingerprint density at radius 2 is 2.38 bits per heavy atom. The molecule has 0 radical (unpaired) electrons. The molecule has 0 bridgehead atoms. The zero-order valence-corrected chi connectivity index (χ0v) is 8.93. The highest BCUT2D eigenvalue weighted by Gasteiger charge is 2.05. The van der Waals surface area contributed by atoms with Gasteiger partial charge in [-0.05, 0) is 12.3 Å². The zero-order chi connectivity index (χ0) is 9.68. The first-order chi connectivity index (χ1) is 6.18. The Labute approximate surface area is 83.0 Å². The third kappa shape index (κ3) is 4.18. The van der Waals surface area contributed by atoms with E-state index in [1.807, 2.05) is 10.9 Å². The molecule has 0 aliphatic carbocycles. The van der Waals surface area contributed by atoms with E-state index in [2.05, 4.69) is 18.8 Å². The molecule has 1 heterocycles. The number of carbonyl (C=O) groups excluding carboxylic acids is 1. The van der Waals surface area contributed by atoms with Gasteiger partial charge in [-0.2, -0.15) is 0 Å². The first-order valence-corrected chi connectivity index (χ1v) is 5.51. The lowest BCUT2D eigenvalue weighted by Crippen LogP contribution is -2.04. The number of ketones is 1. The van der Waals surface area contributed by atoms with Gasteiger partial charge in [0.25, 0.3) is 0 Å². The number of rotatable bonds is 5. The molecule has 0 saturated heterocycles. The van der Waals surface area contributed by atoms with Crippen LogP contribution in [0.25, 0.3) is 0 Å². The number of aryl methyl sites for hydroxylation is 1. The van der Waals surface area contributed by atoms with Crippen LogP contribution in [0.4, 0.5) is 0 Å². The summed E-state index contributed by atoms with van der Waals surface area (Å²) in [7, 11) is 0. The Hall–Kier alpha value is -0.700. The van der Waals surface area contributed by atoms with Crippen LogP contribution in [0, 0.1) is 5.92 Å². The summed E-state index contributed by atoms with van der Waals surface area (Å²) in [5, 5.41) is 2.00. The monoisotopic (exact) mass is 197 g/mol. The normalized spacial score (nSPS) is 10.7. The van der Waals surface area contributed by atoms with Crippen molar-refractivity contribution < 1.29 is 4.79 Å². The van der Waals surface area contributed by atoms with Crippen molar-refractivity contribution >= 4 is 17.1 Å². The Kier molecular flexibility index (Phi) is 4.09. The molecule has 72 valence electrons. The molecule has 0 N–H and O–H groups in total. The van der Waals surface area contributed by atoms with Crippen molar-refractivity contribution in [1.82, 2.24) is 4.98 Å². The van der Waals surface area contributed by atoms with E-state index < -0.39 is 0 Å². The zero-order valence-electron chi connectivity index (χ0n) is 8.12. The van der Waals surface area contributed by atoms with Gasteiger partial charge in [0.1, 0.15) is 5.78 Å². The lowest BCUT2D eigenvalue weighted by atomic mass is 10.0. The molecular weight excluding hydrogens is 182 g/mol. The van der Waals surface area contributed by atoms with E-state index in [-0.39, 0.29) is 0 Å². The van der Waals surface area contributed by atoms with Crippen molar-refractivity contribution in [2.24, 2.45) is 5.92 Å². The van der Waals surface area contributed by atoms with Crippen molar-refractivity contribution in [3.05, 3.63) is 16.6 Å². The fourth-order valence-electron chi connectivity index (χ4n) is 1.19. The molecule has 0 amide bonds. The van der Waals surface area contributed by atoms with Gasteiger partial charge in [0.05, 0.1) is 11.2 Å². The van der Waals surface area contributed by atoms with Crippen molar-refractivity contribution in [2.75, 3.05) is 0 Å². The molecule has 0 aromatic carbocycles. The summed E-state index contributed by atoms with van der Waals surface area (Å²) in [6, 6.07) is 0. The van der Waals surface area contributed by atoms with Crippen molar-refractivity contribution in [3.8, 4) is 0 Å². The highest BCUT2D eigenvalue weighted by molar-refractivity contribution is 7.07. The van der Waals surface area contributed by atoms with Crippen molar-refractivity contribution in [2.45, 2.75) is 33.1 Å². The third-order valence-electron chi connectivity index (χ3n) is 1.78. The minimum Gasteiger partial charge on any atom is -0.300 e. The maximum absolute atomic E-state index is 11.3. The number of hydrogen-bond acceptors (Lipinski definition) is 3. The summed E-state index contributed by atoms with van der Waals surface area (Å²) in [5.74, 6) is 0.825. The van der Waals surface area contributed by atoms with Gasteiger partial charge in [0.15, 0.2) is 0 Å². The Bertz CT molecular complexity index is 254. The van der Waals surface area contributed by atoms with Crippen molar-refractivity contribution in [3.63, 3.8) is 0 Å². The van der Waals surface area contributed by atoms with Gasteiger partial charge in [0.2, 0.25) is 0 Å². The first kappa shape index (κ1) is 10.4. The lowest BCUT2D eigenvalue weighted by Gasteiger charge is -2.01. The van der Waals surface area contributed by atoms with Crippen LogP contribution < -0.4 is 0 Å². The highest BCUT2D eigenvalue weighted by Crippen LogP contribution is 2.08. The van der Waals surface area contributed by atoms with Crippen LogP contribution in [0.1, 0.15) is 32.4 Å². The molecular formula is C10H15NOS. The Balaban J connectivity index is 2.23. The van der Waals surface area contributed by atoms with Gasteiger partial charge < -0.3 is 0 Å². The van der Waals surface area contributed by atoms with Crippen LogP contribution in [0.5, 0.6) is 0 Å². The van der Waals surface area contributed by atoms with Gasteiger partial charge in [-0.25, -0.2) is 4.98 Å². The van der Waals surface area contributed by atoms with Gasteiger partial charge >= 0.3 is 0 Å². The number of thiazole rings is 1. The predicted octanol–water partition coefficient (Wildman–Crippen LogP) is 2.69. The molecule has 0 saturated carbocycles. The van der Waals surface area contributed by atoms with Gasteiger partial charge in [0, 0.05) is 18.2 Å². The van der Waals surface area contributed by atoms with E-state index in [1.54, 1.807) is 11.3 Å². The molecule has 0 spiro atoms. The quantitative estimate of drug-likeness (QED) is 0.726. The largest absolute Gasteiger partial charge is 0.300 e. The van der Waals surface area contributed by atoms with E-state index in [4.69, 9.17) is 0 Å². The Morgan fingerprint density at radius 3 is 2.92 bits per heavy atom. The molecule has 0 atom stereocenters. The SMILES string of the molecule is CC(C)CC(=O)CCc1cscn1. The van der Waals surface area contributed by atoms with E-state index >= 15 is 0 Å². The average molecular weight is 197 g/mol. The maximum atomic E-state index is 11.3. The van der Waals surface area contributed by atoms with Crippen LogP contribution >= 0.6 is 11.3 Å². The lowest BCUT2D eigenvalue weighted by molar-refractivity contribution is -0.119. The van der Waals surface area contributed by atoms with Gasteiger partial charge in [-0.1, -0.05) is 13.8 Å². The highest BCUT2D eigenvalue weighted by atomic mass is 32.1. The van der Waals surface area contributed by atoms with Crippen LogP contribution in [0.2, 0.25) is 0 Å². The fraction of sp³-hybridized carbons (Fsp3) is 0.600. The van der Waals surface area contributed by atoms with E-state index in [0.717, 1.165) is 12.1 Å². The minimum absolute atomic E-state index is 0.350. The average Bonchev–Trinajstić information content (AvgIpc) is 2.51. The summed E-state index contributed by atoms with van der Waals surface area (Å²) in [6.07, 6.45) is 2.14. The van der Waals surface area contributed by atoms with Crippen LogP contribution in [-0.4, -0.2) is 10.8 Å². The number of hydrogen-bond donors (Lipinski definition) is 0. The van der Waals surface area contributed by atoms with Gasteiger partial charge in [-0.3, -0.25) is 4.79 Å². The minimum atomic E-state index is 0.350. The summed E-state index contributed by atoms with van der Waals surface area (Å²) in [5.41, 5.74) is 2.85. The van der Waals surface area contributed by atoms with Crippen LogP contribution in [0.15, 0.2) is 10.9 Å². The second kappa shape index (κ2) is 5.12. The molecule has 0 aliphatic heterocycles. The Morgan fingerprint density at radius 1 is 1.62 bits per heavy atom. The second-order valence-electron chi connectivity index (χ2n) is 3.62. The second-order valence-corrected chi connectivity index (χ2v) is 4.34. The first-order valence-electron chi connectivity index (χ1n) is 4.57. The van der Waals surface area contributed by atoms with E-state index in [1.165, 1.54) is 0 Å². The topological polar surface area (TPSA) is 30.0 Å². The molecule has 1 rings (SSSR count). The number of Topliss-reactive ketones (excluding diaryl/α,β-unsaturated/α-hetero) is 1. The molecule has 1 aromatic rings. The molecule has 0 unspecified atom stereocenters. The molecule has 13 heavy (non-hydrogen) atoms. The van der Waals surface area contributed by atoms with Crippen LogP contribution in [-0.2, 0) is 11.2 Å². The van der Waals surface area contributed by atoms with E-state index in [0.29, 0.717) is 24.5 Å². The van der Waals surface area contributed by atoms with Crippen molar-refractivity contribution in [1.29, 1.82) is 0 Å². The number of aromatic nitrogens is 1.